The maximum Gasteiger partial charge on any atom is 0.334 e. The van der Waals surface area contributed by atoms with Gasteiger partial charge in [-0.25, -0.2) is 0 Å². The van der Waals surface area contributed by atoms with Crippen LogP contribution in [0, 0.1) is 0 Å². The second-order valence-electron chi connectivity index (χ2n) is 3.47. The zero-order chi connectivity index (χ0) is 14.6. The molecule has 1 aliphatic heterocycles. The van der Waals surface area contributed by atoms with Crippen molar-refractivity contribution in [3.05, 3.63) is 23.3 Å². The molecule has 0 aromatic heterocycles. The van der Waals surface area contributed by atoms with Gasteiger partial charge in [-0.05, 0) is 12.1 Å². The summed E-state index contributed by atoms with van der Waals surface area (Å²) >= 11 is 0. The molecule has 0 spiro atoms. The van der Waals surface area contributed by atoms with Gasteiger partial charge in [0.1, 0.15) is 9.79 Å². The first kappa shape index (κ1) is 16.8. The monoisotopic (exact) mass is 318 g/mol. The van der Waals surface area contributed by atoms with Crippen molar-refractivity contribution in [3.8, 4) is 0 Å². The van der Waals surface area contributed by atoms with Crippen molar-refractivity contribution in [2.45, 2.75) is 9.79 Å². The van der Waals surface area contributed by atoms with Gasteiger partial charge in [0.2, 0.25) is 0 Å². The van der Waals surface area contributed by atoms with Crippen molar-refractivity contribution in [3.63, 3.8) is 0 Å². The number of amides is 2. The van der Waals surface area contributed by atoms with E-state index < -0.39 is 53.2 Å². The van der Waals surface area contributed by atoms with Crippen molar-refractivity contribution >= 4 is 51.1 Å². The second-order valence-corrected chi connectivity index (χ2v) is 6.07. The summed E-state index contributed by atoms with van der Waals surface area (Å²) < 4.78 is 69.4. The third-order valence-electron chi connectivity index (χ3n) is 2.33. The van der Waals surface area contributed by atoms with Gasteiger partial charge in [0, 0.05) is 18.9 Å². The van der Waals surface area contributed by atoms with Gasteiger partial charge in [-0.15, -0.1) is 7.77 Å². The summed E-state index contributed by atoms with van der Waals surface area (Å²) in [6, 6.07) is 1.12. The smallest absolute Gasteiger partial charge is 0.288 e. The summed E-state index contributed by atoms with van der Waals surface area (Å²) in [4.78, 5) is 19.4. The van der Waals surface area contributed by atoms with Crippen LogP contribution in [0.15, 0.2) is 21.9 Å². The zero-order valence-electron chi connectivity index (χ0n) is 9.68. The van der Waals surface area contributed by atoms with E-state index in [1.165, 1.54) is 0 Å². The number of imide groups is 1. The van der Waals surface area contributed by atoms with Gasteiger partial charge >= 0.3 is 20.4 Å². The Labute approximate surface area is 123 Å². The standard InChI is InChI=1S/C8H3F2NO6S2.Li/c9-18(14,15)4-2-1-3-5(6(4)19(10,16)17)8(13)11-7(3)12;/h1-2H,(H,11,12,13);. The molecule has 1 aromatic carbocycles. The Morgan fingerprint density at radius 2 is 1.45 bits per heavy atom. The van der Waals surface area contributed by atoms with Crippen LogP contribution in [0.3, 0.4) is 0 Å². The molecule has 0 bridgehead atoms. The number of carbonyl (C=O) groups is 2. The van der Waals surface area contributed by atoms with Crippen LogP contribution in [0.4, 0.5) is 7.77 Å². The molecule has 0 saturated carbocycles. The molecular weight excluding hydrogens is 315 g/mol. The number of rotatable bonds is 2. The Hall–Kier alpha value is -1.28. The van der Waals surface area contributed by atoms with Crippen LogP contribution < -0.4 is 5.32 Å². The molecule has 20 heavy (non-hydrogen) atoms. The minimum absolute atomic E-state index is 0. The van der Waals surface area contributed by atoms with Gasteiger partial charge in [-0.2, -0.15) is 16.8 Å². The van der Waals surface area contributed by atoms with Gasteiger partial charge in [0.15, 0.2) is 0 Å². The first-order valence-corrected chi connectivity index (χ1v) is 7.22. The van der Waals surface area contributed by atoms with Crippen LogP contribution in [-0.2, 0) is 20.4 Å². The molecule has 0 aliphatic carbocycles. The normalized spacial score (nSPS) is 14.5. The van der Waals surface area contributed by atoms with Gasteiger partial charge in [-0.3, -0.25) is 14.9 Å². The number of nitrogens with one attached hydrogen (secondary N) is 1. The first-order valence-electron chi connectivity index (χ1n) is 4.45. The summed E-state index contributed by atoms with van der Waals surface area (Å²) in [6.07, 6.45) is 0. The molecule has 1 radical (unpaired) electrons. The topological polar surface area (TPSA) is 114 Å². The Balaban J connectivity index is 0.00000200. The Morgan fingerprint density at radius 3 is 1.90 bits per heavy atom. The third-order valence-corrected chi connectivity index (χ3v) is 4.23. The Bertz CT molecular complexity index is 833. The number of fused-ring (bicyclic) bond motifs is 1. The molecule has 1 heterocycles. The van der Waals surface area contributed by atoms with E-state index in [0.29, 0.717) is 6.07 Å². The van der Waals surface area contributed by atoms with Crippen molar-refractivity contribution in [1.29, 1.82) is 0 Å². The fourth-order valence-electron chi connectivity index (χ4n) is 1.65. The molecule has 7 nitrogen and oxygen atoms in total. The largest absolute Gasteiger partial charge is 0.334 e. The van der Waals surface area contributed by atoms with Crippen LogP contribution in [0.2, 0.25) is 0 Å². The van der Waals surface area contributed by atoms with E-state index in [0.717, 1.165) is 6.07 Å². The Morgan fingerprint density at radius 1 is 0.900 bits per heavy atom. The molecule has 12 heteroatoms. The maximum atomic E-state index is 13.1. The van der Waals surface area contributed by atoms with E-state index in [-0.39, 0.29) is 18.9 Å². The Kier molecular flexibility index (Phi) is 4.13. The van der Waals surface area contributed by atoms with Crippen molar-refractivity contribution in [1.82, 2.24) is 5.32 Å². The minimum atomic E-state index is -5.73. The fourth-order valence-corrected chi connectivity index (χ4v) is 3.55. The summed E-state index contributed by atoms with van der Waals surface area (Å²) in [5, 5.41) is 1.65. The maximum absolute atomic E-state index is 13.1. The van der Waals surface area contributed by atoms with Crippen LogP contribution in [0.1, 0.15) is 20.7 Å². The summed E-state index contributed by atoms with van der Waals surface area (Å²) in [7, 11) is -11.3. The average Bonchev–Trinajstić information content (AvgIpc) is 2.51. The molecule has 1 aliphatic rings. The van der Waals surface area contributed by atoms with Crippen LogP contribution in [0.25, 0.3) is 0 Å². The molecular formula is C8H3F2LiNO6S2. The number of carbonyl (C=O) groups excluding carboxylic acids is 2. The van der Waals surface area contributed by atoms with E-state index in [4.69, 9.17) is 0 Å². The van der Waals surface area contributed by atoms with Gasteiger partial charge in [-0.1, -0.05) is 0 Å². The molecule has 1 aromatic rings. The molecule has 0 unspecified atom stereocenters. The molecule has 1 N–H and O–H groups in total. The predicted molar refractivity (Wildman–Crippen MR) is 60.6 cm³/mol. The molecule has 0 fully saturated rings. The number of halogens is 2. The van der Waals surface area contributed by atoms with Crippen LogP contribution >= 0.6 is 0 Å². The number of hydrogen-bond donors (Lipinski definition) is 1. The van der Waals surface area contributed by atoms with Crippen molar-refractivity contribution < 1.29 is 34.2 Å². The third kappa shape index (κ3) is 2.62. The second kappa shape index (κ2) is 4.92. The van der Waals surface area contributed by atoms with E-state index in [9.17, 15) is 34.2 Å². The molecule has 2 amide bonds. The molecule has 2 rings (SSSR count). The molecule has 103 valence electrons. The predicted octanol–water partition coefficient (Wildman–Crippen LogP) is -0.494. The SMILES string of the molecule is O=C1NC(=O)c2c1ccc(S(=O)(=O)F)c2S(=O)(=O)F.[Li]. The summed E-state index contributed by atoms with van der Waals surface area (Å²) in [5.41, 5.74) is -1.57. The van der Waals surface area contributed by atoms with Gasteiger partial charge in [0.25, 0.3) is 11.8 Å². The van der Waals surface area contributed by atoms with Crippen LogP contribution in [-0.4, -0.2) is 47.5 Å². The average molecular weight is 318 g/mol. The fraction of sp³-hybridized carbons (Fsp3) is 0. The van der Waals surface area contributed by atoms with E-state index in [1.54, 1.807) is 5.32 Å². The summed E-state index contributed by atoms with van der Waals surface area (Å²) in [6.45, 7) is 0. The van der Waals surface area contributed by atoms with E-state index in [2.05, 4.69) is 0 Å². The van der Waals surface area contributed by atoms with E-state index in [1.807, 2.05) is 0 Å². The number of benzene rings is 1. The number of hydrogen-bond acceptors (Lipinski definition) is 6. The zero-order valence-corrected chi connectivity index (χ0v) is 11.3. The summed E-state index contributed by atoms with van der Waals surface area (Å²) in [5.74, 6) is -2.35. The molecule has 0 atom stereocenters. The minimum Gasteiger partial charge on any atom is -0.288 e. The van der Waals surface area contributed by atoms with Gasteiger partial charge in [0.05, 0.1) is 11.1 Å². The molecule has 0 saturated heterocycles. The van der Waals surface area contributed by atoms with Crippen molar-refractivity contribution in [2.75, 3.05) is 0 Å². The van der Waals surface area contributed by atoms with Gasteiger partial charge < -0.3 is 0 Å². The van der Waals surface area contributed by atoms with E-state index >= 15 is 0 Å². The first-order chi connectivity index (χ1) is 8.53. The van der Waals surface area contributed by atoms with Crippen LogP contribution in [0.5, 0.6) is 0 Å². The van der Waals surface area contributed by atoms with Crippen molar-refractivity contribution in [2.24, 2.45) is 0 Å². The quantitative estimate of drug-likeness (QED) is 0.447.